The van der Waals surface area contributed by atoms with Crippen LogP contribution in [0.1, 0.15) is 31.9 Å². The molecule has 1 aliphatic rings. The fraction of sp³-hybridized carbons (Fsp3) is 0.355. The van der Waals surface area contributed by atoms with Crippen LogP contribution in [0.2, 0.25) is 0 Å². The van der Waals surface area contributed by atoms with Gasteiger partial charge >= 0.3 is 5.97 Å². The molecular formula is C31H37ClFN3O6S. The van der Waals surface area contributed by atoms with Gasteiger partial charge in [-0.2, -0.15) is 4.31 Å². The number of nitrogens with two attached hydrogens (primary N) is 1. The van der Waals surface area contributed by atoms with Crippen LogP contribution in [0.5, 0.6) is 5.75 Å². The van der Waals surface area contributed by atoms with Crippen molar-refractivity contribution in [2.45, 2.75) is 49.8 Å². The minimum Gasteiger partial charge on any atom is -0.480 e. The Morgan fingerprint density at radius 1 is 1.00 bits per heavy atom. The first kappa shape index (κ1) is 34.0. The van der Waals surface area contributed by atoms with E-state index < -0.39 is 39.6 Å². The molecule has 3 aromatic carbocycles. The monoisotopic (exact) mass is 633 g/mol. The second kappa shape index (κ2) is 14.3. The Hall–Kier alpha value is -3.51. The van der Waals surface area contributed by atoms with Gasteiger partial charge < -0.3 is 20.1 Å². The molecule has 2 N–H and O–H groups in total. The summed E-state index contributed by atoms with van der Waals surface area (Å²) in [5.74, 6) is -1.22. The third-order valence-corrected chi connectivity index (χ3v) is 9.07. The van der Waals surface area contributed by atoms with Gasteiger partial charge in [0.2, 0.25) is 10.0 Å². The predicted octanol–water partition coefficient (Wildman–Crippen LogP) is 3.90. The van der Waals surface area contributed by atoms with E-state index in [4.69, 9.17) is 15.2 Å². The molecule has 0 spiro atoms. The molecule has 0 aliphatic carbocycles. The number of benzene rings is 3. The van der Waals surface area contributed by atoms with Crippen molar-refractivity contribution >= 4 is 34.3 Å². The molecule has 1 aliphatic heterocycles. The minimum absolute atomic E-state index is 0. The smallest absolute Gasteiger partial charge is 0.324 e. The topological polar surface area (TPSA) is 119 Å². The van der Waals surface area contributed by atoms with Crippen LogP contribution in [-0.2, 0) is 36.4 Å². The third kappa shape index (κ3) is 7.72. The van der Waals surface area contributed by atoms with E-state index in [2.05, 4.69) is 0 Å². The average Bonchev–Trinajstić information content (AvgIpc) is 2.95. The predicted molar refractivity (Wildman–Crippen MR) is 163 cm³/mol. The zero-order valence-corrected chi connectivity index (χ0v) is 25.9. The van der Waals surface area contributed by atoms with Crippen LogP contribution in [0.25, 0.3) is 0 Å². The molecule has 0 bridgehead atoms. The van der Waals surface area contributed by atoms with Gasteiger partial charge in [0, 0.05) is 19.2 Å². The van der Waals surface area contributed by atoms with Crippen molar-refractivity contribution < 1.29 is 31.9 Å². The number of nitrogens with zero attached hydrogens (tertiary/aromatic N) is 2. The summed E-state index contributed by atoms with van der Waals surface area (Å²) in [6.07, 6.45) is -0.966. The van der Waals surface area contributed by atoms with Gasteiger partial charge in [-0.25, -0.2) is 12.8 Å². The van der Waals surface area contributed by atoms with Crippen LogP contribution in [0.3, 0.4) is 0 Å². The van der Waals surface area contributed by atoms with Crippen molar-refractivity contribution in [3.05, 3.63) is 95.8 Å². The summed E-state index contributed by atoms with van der Waals surface area (Å²) >= 11 is 0. The van der Waals surface area contributed by atoms with Crippen molar-refractivity contribution in [2.24, 2.45) is 5.73 Å². The Balaban J connectivity index is 0.00000506. The van der Waals surface area contributed by atoms with E-state index in [1.165, 1.54) is 41.6 Å². The van der Waals surface area contributed by atoms with E-state index in [1.807, 2.05) is 44.2 Å². The van der Waals surface area contributed by atoms with Crippen molar-refractivity contribution in [1.82, 2.24) is 9.21 Å². The minimum atomic E-state index is -3.93. The van der Waals surface area contributed by atoms with Gasteiger partial charge in [0.05, 0.1) is 18.0 Å². The Bertz CT molecular complexity index is 1510. The molecule has 232 valence electrons. The Morgan fingerprint density at radius 2 is 1.65 bits per heavy atom. The van der Waals surface area contributed by atoms with Crippen LogP contribution in [0.15, 0.2) is 83.8 Å². The standard InChI is InChI=1S/C31H36FN3O6S.ClH/c1-4-34(5-2)29(36)22(3)40-30(37)28(33)18-23-11-9-16-27(17-23)42(38,39)35-20-31(21-35,24-12-7-6-8-13-24)41-26-15-10-14-25(32)19-26;/h6-17,19,22,28H,4-5,18,20-21,33H2,1-3H3;1H/t22?,28-;/m0./s1. The maximum absolute atomic E-state index is 13.9. The molecule has 1 heterocycles. The van der Waals surface area contributed by atoms with Crippen LogP contribution >= 0.6 is 12.4 Å². The number of esters is 1. The van der Waals surface area contributed by atoms with E-state index >= 15 is 0 Å². The van der Waals surface area contributed by atoms with E-state index in [0.717, 1.165) is 5.56 Å². The third-order valence-electron chi connectivity index (χ3n) is 7.28. The second-order valence-electron chi connectivity index (χ2n) is 10.2. The number of sulfonamides is 1. The van der Waals surface area contributed by atoms with Gasteiger partial charge in [-0.1, -0.05) is 48.5 Å². The molecule has 0 saturated carbocycles. The normalized spacial score (nSPS) is 15.7. The summed E-state index contributed by atoms with van der Waals surface area (Å²) in [6.45, 7) is 6.19. The van der Waals surface area contributed by atoms with Gasteiger partial charge in [-0.3, -0.25) is 9.59 Å². The highest BCUT2D eigenvalue weighted by Gasteiger charge is 2.52. The van der Waals surface area contributed by atoms with Crippen LogP contribution in [0.4, 0.5) is 4.39 Å². The van der Waals surface area contributed by atoms with Crippen LogP contribution in [0, 0.1) is 5.82 Å². The molecule has 3 aromatic rings. The Labute approximate surface area is 258 Å². The number of hydrogen-bond acceptors (Lipinski definition) is 7. The lowest BCUT2D eigenvalue weighted by Gasteiger charge is -2.48. The SMILES string of the molecule is CCN(CC)C(=O)C(C)OC(=O)[C@@H](N)Cc1cccc(S(=O)(=O)N2CC(Oc3cccc(F)c3)(c3ccccc3)C2)c1.Cl. The number of carbonyl (C=O) groups excluding carboxylic acids is 2. The molecule has 1 amide bonds. The summed E-state index contributed by atoms with van der Waals surface area (Å²) in [6, 6.07) is 20.1. The molecule has 1 fully saturated rings. The lowest BCUT2D eigenvalue weighted by atomic mass is 9.87. The number of carbonyl (C=O) groups is 2. The van der Waals surface area contributed by atoms with E-state index in [0.29, 0.717) is 24.4 Å². The number of amides is 1. The van der Waals surface area contributed by atoms with Gasteiger partial charge in [0.25, 0.3) is 5.91 Å². The first-order valence-electron chi connectivity index (χ1n) is 13.8. The fourth-order valence-electron chi connectivity index (χ4n) is 4.92. The quantitative estimate of drug-likeness (QED) is 0.301. The lowest BCUT2D eigenvalue weighted by Crippen LogP contribution is -2.64. The molecular weight excluding hydrogens is 597 g/mol. The molecule has 0 aromatic heterocycles. The summed E-state index contributed by atoms with van der Waals surface area (Å²) in [5.41, 5.74) is 6.37. The summed E-state index contributed by atoms with van der Waals surface area (Å²) in [4.78, 5) is 26.6. The van der Waals surface area contributed by atoms with E-state index in [9.17, 15) is 22.4 Å². The highest BCUT2D eigenvalue weighted by atomic mass is 35.5. The van der Waals surface area contributed by atoms with E-state index in [-0.39, 0.29) is 42.7 Å². The lowest BCUT2D eigenvalue weighted by molar-refractivity contribution is -0.160. The summed E-state index contributed by atoms with van der Waals surface area (Å²) in [7, 11) is -3.93. The number of ether oxygens (including phenoxy) is 2. The fourth-order valence-corrected chi connectivity index (χ4v) is 6.53. The van der Waals surface area contributed by atoms with Crippen LogP contribution < -0.4 is 10.5 Å². The highest BCUT2D eigenvalue weighted by Crippen LogP contribution is 2.40. The van der Waals surface area contributed by atoms with Gasteiger partial charge in [0.1, 0.15) is 17.6 Å². The zero-order valence-electron chi connectivity index (χ0n) is 24.3. The Kier molecular flexibility index (Phi) is 11.3. The highest BCUT2D eigenvalue weighted by molar-refractivity contribution is 7.89. The molecule has 1 saturated heterocycles. The number of halogens is 2. The van der Waals surface area contributed by atoms with Gasteiger partial charge in [-0.05, 0) is 62.6 Å². The van der Waals surface area contributed by atoms with Crippen molar-refractivity contribution in [1.29, 1.82) is 0 Å². The molecule has 1 unspecified atom stereocenters. The molecule has 43 heavy (non-hydrogen) atoms. The second-order valence-corrected chi connectivity index (χ2v) is 12.2. The van der Waals surface area contributed by atoms with Crippen LogP contribution in [-0.4, -0.2) is 67.8 Å². The molecule has 0 radical (unpaired) electrons. The first-order chi connectivity index (χ1) is 20.0. The summed E-state index contributed by atoms with van der Waals surface area (Å²) in [5, 5.41) is 0. The maximum Gasteiger partial charge on any atom is 0.324 e. The molecule has 2 atom stereocenters. The van der Waals surface area contributed by atoms with Gasteiger partial charge in [0.15, 0.2) is 11.7 Å². The number of likely N-dealkylation sites (N-methyl/N-ethyl adjacent to an activating group) is 1. The maximum atomic E-state index is 13.9. The largest absolute Gasteiger partial charge is 0.480 e. The zero-order chi connectivity index (χ0) is 30.5. The number of rotatable bonds is 12. The molecule has 12 heteroatoms. The average molecular weight is 634 g/mol. The summed E-state index contributed by atoms with van der Waals surface area (Å²) < 4.78 is 53.8. The van der Waals surface area contributed by atoms with Crippen molar-refractivity contribution in [3.63, 3.8) is 0 Å². The van der Waals surface area contributed by atoms with Crippen molar-refractivity contribution in [2.75, 3.05) is 26.2 Å². The van der Waals surface area contributed by atoms with Crippen molar-refractivity contribution in [3.8, 4) is 5.75 Å². The molecule has 9 nitrogen and oxygen atoms in total. The molecule has 4 rings (SSSR count). The van der Waals surface area contributed by atoms with Gasteiger partial charge in [-0.15, -0.1) is 12.4 Å². The van der Waals surface area contributed by atoms with E-state index in [1.54, 1.807) is 23.1 Å². The number of hydrogen-bond donors (Lipinski definition) is 1. The first-order valence-corrected chi connectivity index (χ1v) is 15.3. The Morgan fingerprint density at radius 3 is 2.28 bits per heavy atom.